The molecular weight excluding hydrogens is 310 g/mol. The molecule has 0 unspecified atom stereocenters. The van der Waals surface area contributed by atoms with Crippen LogP contribution in [0.2, 0.25) is 0 Å². The van der Waals surface area contributed by atoms with Crippen LogP contribution >= 0.6 is 0 Å². The first-order chi connectivity index (χ1) is 11.5. The van der Waals surface area contributed by atoms with Crippen LogP contribution in [0.25, 0.3) is 0 Å². The first-order valence-corrected chi connectivity index (χ1v) is 7.86. The highest BCUT2D eigenvalue weighted by molar-refractivity contribution is 5.78. The second-order valence-corrected chi connectivity index (χ2v) is 5.86. The van der Waals surface area contributed by atoms with Crippen LogP contribution < -0.4 is 21.3 Å². The van der Waals surface area contributed by atoms with Crippen LogP contribution in [-0.2, 0) is 24.2 Å². The summed E-state index contributed by atoms with van der Waals surface area (Å²) in [5, 5.41) is 2.80. The highest BCUT2D eigenvalue weighted by atomic mass is 16.5. The monoisotopic (exact) mass is 329 g/mol. The molecule has 3 N–H and O–H groups in total. The number of carbonyl (C=O) groups is 1. The summed E-state index contributed by atoms with van der Waals surface area (Å²) in [5.74, 6) is 0.636. The molecule has 7 heteroatoms. The van der Waals surface area contributed by atoms with Crippen LogP contribution in [0.3, 0.4) is 0 Å². The lowest BCUT2D eigenvalue weighted by Gasteiger charge is -2.18. The van der Waals surface area contributed by atoms with Crippen molar-refractivity contribution in [1.82, 2.24) is 15.3 Å². The van der Waals surface area contributed by atoms with Crippen molar-refractivity contribution in [3.63, 3.8) is 0 Å². The van der Waals surface area contributed by atoms with Gasteiger partial charge in [-0.3, -0.25) is 14.6 Å². The molecule has 1 aliphatic heterocycles. The molecule has 1 aromatic heterocycles. The van der Waals surface area contributed by atoms with Crippen molar-refractivity contribution in [3.8, 4) is 5.75 Å². The van der Waals surface area contributed by atoms with E-state index in [4.69, 9.17) is 4.74 Å². The molecule has 0 fully saturated rings. The molecule has 0 radical (unpaired) electrons. The Bertz CT molecular complexity index is 882. The third-order valence-electron chi connectivity index (χ3n) is 4.05. The number of aromatic amines is 2. The summed E-state index contributed by atoms with van der Waals surface area (Å²) in [5.41, 5.74) is 1.71. The molecule has 3 rings (SSSR count). The Morgan fingerprint density at radius 1 is 1.29 bits per heavy atom. The Kier molecular flexibility index (Phi) is 4.50. The van der Waals surface area contributed by atoms with E-state index >= 15 is 0 Å². The molecule has 0 saturated heterocycles. The number of aromatic nitrogens is 2. The molecule has 1 amide bonds. The SMILES string of the molecule is Cc1[nH]c(=O)[nH]c(=O)c1CC(=O)NCc1ccc2c(c1)CCCO2. The second kappa shape index (κ2) is 6.74. The molecule has 0 bridgehead atoms. The van der Waals surface area contributed by atoms with Gasteiger partial charge in [0, 0.05) is 17.8 Å². The summed E-state index contributed by atoms with van der Waals surface area (Å²) in [7, 11) is 0. The minimum Gasteiger partial charge on any atom is -0.493 e. The van der Waals surface area contributed by atoms with Gasteiger partial charge < -0.3 is 15.0 Å². The zero-order valence-corrected chi connectivity index (χ0v) is 13.4. The van der Waals surface area contributed by atoms with Gasteiger partial charge in [-0.05, 0) is 37.0 Å². The van der Waals surface area contributed by atoms with Crippen molar-refractivity contribution in [2.45, 2.75) is 32.7 Å². The van der Waals surface area contributed by atoms with E-state index in [-0.39, 0.29) is 17.9 Å². The Labute approximate surface area is 138 Å². The normalized spacial score (nSPS) is 13.0. The number of hydrogen-bond acceptors (Lipinski definition) is 4. The lowest BCUT2D eigenvalue weighted by molar-refractivity contribution is -0.120. The first-order valence-electron chi connectivity index (χ1n) is 7.86. The van der Waals surface area contributed by atoms with Crippen molar-refractivity contribution in [3.05, 3.63) is 61.4 Å². The molecule has 2 aromatic rings. The fourth-order valence-corrected chi connectivity index (χ4v) is 2.79. The van der Waals surface area contributed by atoms with E-state index in [0.29, 0.717) is 12.2 Å². The maximum atomic E-state index is 12.1. The number of aryl methyl sites for hydroxylation is 2. The maximum absolute atomic E-state index is 12.1. The molecule has 0 atom stereocenters. The molecule has 7 nitrogen and oxygen atoms in total. The van der Waals surface area contributed by atoms with E-state index in [2.05, 4.69) is 15.3 Å². The van der Waals surface area contributed by atoms with E-state index in [1.807, 2.05) is 18.2 Å². The van der Waals surface area contributed by atoms with Crippen LogP contribution in [0.5, 0.6) is 5.75 Å². The Balaban J connectivity index is 1.64. The predicted molar refractivity (Wildman–Crippen MR) is 88.2 cm³/mol. The summed E-state index contributed by atoms with van der Waals surface area (Å²) in [4.78, 5) is 39.6. The van der Waals surface area contributed by atoms with Crippen molar-refractivity contribution in [1.29, 1.82) is 0 Å². The molecule has 0 aliphatic carbocycles. The topological polar surface area (TPSA) is 104 Å². The van der Waals surface area contributed by atoms with E-state index in [9.17, 15) is 14.4 Å². The van der Waals surface area contributed by atoms with Gasteiger partial charge in [0.2, 0.25) is 5.91 Å². The second-order valence-electron chi connectivity index (χ2n) is 5.86. The van der Waals surface area contributed by atoms with Gasteiger partial charge in [0.1, 0.15) is 5.75 Å². The Morgan fingerprint density at radius 3 is 2.92 bits per heavy atom. The molecular formula is C17H19N3O4. The number of carbonyl (C=O) groups excluding carboxylic acids is 1. The summed E-state index contributed by atoms with van der Waals surface area (Å²) >= 11 is 0. The summed E-state index contributed by atoms with van der Waals surface area (Å²) in [6.07, 6.45) is 1.89. The zero-order valence-electron chi connectivity index (χ0n) is 13.4. The van der Waals surface area contributed by atoms with Crippen LogP contribution in [-0.4, -0.2) is 22.5 Å². The van der Waals surface area contributed by atoms with Gasteiger partial charge >= 0.3 is 5.69 Å². The molecule has 1 aliphatic rings. The lowest BCUT2D eigenvalue weighted by atomic mass is 10.0. The Morgan fingerprint density at radius 2 is 2.12 bits per heavy atom. The average Bonchev–Trinajstić information content (AvgIpc) is 2.56. The number of fused-ring (bicyclic) bond motifs is 1. The van der Waals surface area contributed by atoms with E-state index in [0.717, 1.165) is 36.3 Å². The maximum Gasteiger partial charge on any atom is 0.325 e. The van der Waals surface area contributed by atoms with Gasteiger partial charge in [-0.2, -0.15) is 0 Å². The molecule has 2 heterocycles. The largest absolute Gasteiger partial charge is 0.493 e. The summed E-state index contributed by atoms with van der Waals surface area (Å²) in [6, 6.07) is 5.88. The third kappa shape index (κ3) is 3.56. The van der Waals surface area contributed by atoms with Gasteiger partial charge in [0.05, 0.1) is 13.0 Å². The van der Waals surface area contributed by atoms with Gasteiger partial charge in [0.25, 0.3) is 5.56 Å². The average molecular weight is 329 g/mol. The predicted octanol–water partition coefficient (Wildman–Crippen LogP) is 0.556. The number of amides is 1. The van der Waals surface area contributed by atoms with Gasteiger partial charge in [0.15, 0.2) is 0 Å². The molecule has 0 saturated carbocycles. The number of H-pyrrole nitrogens is 2. The number of rotatable bonds is 4. The molecule has 0 spiro atoms. The van der Waals surface area contributed by atoms with Crippen LogP contribution in [0.1, 0.15) is 28.8 Å². The van der Waals surface area contributed by atoms with Crippen molar-refractivity contribution < 1.29 is 9.53 Å². The van der Waals surface area contributed by atoms with Crippen molar-refractivity contribution >= 4 is 5.91 Å². The highest BCUT2D eigenvalue weighted by Gasteiger charge is 2.13. The van der Waals surface area contributed by atoms with Crippen LogP contribution in [0.15, 0.2) is 27.8 Å². The van der Waals surface area contributed by atoms with Gasteiger partial charge in [-0.1, -0.05) is 12.1 Å². The molecule has 24 heavy (non-hydrogen) atoms. The number of nitrogens with one attached hydrogen (secondary N) is 3. The van der Waals surface area contributed by atoms with Crippen molar-refractivity contribution in [2.75, 3.05) is 6.61 Å². The summed E-state index contributed by atoms with van der Waals surface area (Å²) < 4.78 is 5.56. The molecule has 1 aromatic carbocycles. The van der Waals surface area contributed by atoms with E-state index in [1.54, 1.807) is 6.92 Å². The fraction of sp³-hybridized carbons (Fsp3) is 0.353. The Hall–Kier alpha value is -2.83. The third-order valence-corrected chi connectivity index (χ3v) is 4.05. The molecule has 126 valence electrons. The standard InChI is InChI=1S/C17H19N3O4/c1-10-13(16(22)20-17(23)19-10)8-15(21)18-9-11-4-5-14-12(7-11)3-2-6-24-14/h4-5,7H,2-3,6,8-9H2,1H3,(H,18,21)(H2,19,20,22,23). The van der Waals surface area contributed by atoms with Crippen LogP contribution in [0.4, 0.5) is 0 Å². The highest BCUT2D eigenvalue weighted by Crippen LogP contribution is 2.25. The van der Waals surface area contributed by atoms with Crippen LogP contribution in [0, 0.1) is 6.92 Å². The van der Waals surface area contributed by atoms with E-state index in [1.165, 1.54) is 0 Å². The minimum absolute atomic E-state index is 0.0774. The zero-order chi connectivity index (χ0) is 17.1. The smallest absolute Gasteiger partial charge is 0.325 e. The lowest BCUT2D eigenvalue weighted by Crippen LogP contribution is -2.32. The van der Waals surface area contributed by atoms with E-state index < -0.39 is 11.2 Å². The first kappa shape index (κ1) is 16.0. The van der Waals surface area contributed by atoms with Crippen molar-refractivity contribution in [2.24, 2.45) is 0 Å². The summed E-state index contributed by atoms with van der Waals surface area (Å²) in [6.45, 7) is 2.73. The fourth-order valence-electron chi connectivity index (χ4n) is 2.79. The van der Waals surface area contributed by atoms with Gasteiger partial charge in [-0.25, -0.2) is 4.79 Å². The number of benzene rings is 1. The quantitative estimate of drug-likeness (QED) is 0.762. The number of hydrogen-bond donors (Lipinski definition) is 3. The number of ether oxygens (including phenoxy) is 1. The van der Waals surface area contributed by atoms with Gasteiger partial charge in [-0.15, -0.1) is 0 Å². The minimum atomic E-state index is -0.571.